The Morgan fingerprint density at radius 3 is 2.23 bits per heavy atom. The van der Waals surface area contributed by atoms with Crippen molar-refractivity contribution < 1.29 is 4.79 Å². The Balaban J connectivity index is 1.16. The minimum atomic E-state index is 0.118. The Labute approximate surface area is 207 Å². The third-order valence-electron chi connectivity index (χ3n) is 7.09. The summed E-state index contributed by atoms with van der Waals surface area (Å²) in [6.45, 7) is 15.1. The topological polar surface area (TPSA) is 39.3 Å². The fourth-order valence-corrected chi connectivity index (χ4v) is 5.13. The van der Waals surface area contributed by atoms with Gasteiger partial charge < -0.3 is 19.3 Å². The first-order valence-electron chi connectivity index (χ1n) is 12.3. The first-order valence-corrected chi connectivity index (χ1v) is 12.3. The number of aromatic nitrogens is 1. The highest BCUT2D eigenvalue weighted by molar-refractivity contribution is 5.93. The van der Waals surface area contributed by atoms with Crippen molar-refractivity contribution in [2.75, 3.05) is 62.2 Å². The van der Waals surface area contributed by atoms with E-state index in [1.165, 1.54) is 11.3 Å². The van der Waals surface area contributed by atoms with Gasteiger partial charge in [-0.2, -0.15) is 0 Å². The zero-order valence-corrected chi connectivity index (χ0v) is 20.3. The van der Waals surface area contributed by atoms with Gasteiger partial charge in [-0.1, -0.05) is 36.4 Å². The van der Waals surface area contributed by atoms with Gasteiger partial charge in [0.25, 0.3) is 5.91 Å². The molecular formula is C28H32N6O. The summed E-state index contributed by atoms with van der Waals surface area (Å²) >= 11 is 0. The maximum atomic E-state index is 13.3. The molecule has 0 spiro atoms. The third kappa shape index (κ3) is 5.03. The molecule has 0 saturated carbocycles. The van der Waals surface area contributed by atoms with Crippen LogP contribution in [0, 0.1) is 6.57 Å². The maximum absolute atomic E-state index is 13.3. The highest BCUT2D eigenvalue weighted by Crippen LogP contribution is 2.29. The number of benzene rings is 2. The van der Waals surface area contributed by atoms with Gasteiger partial charge in [0.05, 0.1) is 6.57 Å². The van der Waals surface area contributed by atoms with Crippen molar-refractivity contribution in [2.24, 2.45) is 7.05 Å². The van der Waals surface area contributed by atoms with Crippen LogP contribution in [0.15, 0.2) is 66.9 Å². The molecule has 2 aliphatic rings. The van der Waals surface area contributed by atoms with E-state index in [2.05, 4.69) is 56.1 Å². The van der Waals surface area contributed by atoms with Crippen LogP contribution in [0.25, 0.3) is 4.85 Å². The fraction of sp³-hybridized carbons (Fsp3) is 0.357. The first kappa shape index (κ1) is 23.0. The largest absolute Gasteiger partial charge is 0.378 e. The normalized spacial score (nSPS) is 16.9. The highest BCUT2D eigenvalue weighted by Gasteiger charge is 2.25. The Hall–Kier alpha value is -3.76. The van der Waals surface area contributed by atoms with Gasteiger partial charge in [-0.3, -0.25) is 9.69 Å². The summed E-state index contributed by atoms with van der Waals surface area (Å²) < 4.78 is 1.98. The second kappa shape index (κ2) is 10.2. The van der Waals surface area contributed by atoms with E-state index in [0.29, 0.717) is 0 Å². The van der Waals surface area contributed by atoms with E-state index in [1.807, 2.05) is 46.8 Å². The maximum Gasteiger partial charge on any atom is 0.270 e. The van der Waals surface area contributed by atoms with Crippen LogP contribution < -0.4 is 9.80 Å². The monoisotopic (exact) mass is 468 g/mol. The summed E-state index contributed by atoms with van der Waals surface area (Å²) in [5, 5.41) is 0. The summed E-state index contributed by atoms with van der Waals surface area (Å²) in [5.41, 5.74) is 4.91. The number of para-hydroxylation sites is 3. The van der Waals surface area contributed by atoms with Gasteiger partial charge in [0.2, 0.25) is 5.69 Å². The van der Waals surface area contributed by atoms with Gasteiger partial charge in [0.15, 0.2) is 0 Å². The number of piperazine rings is 2. The molecule has 7 heteroatoms. The number of carbonyl (C=O) groups excluding carboxylic acids is 1. The number of rotatable bonds is 5. The minimum Gasteiger partial charge on any atom is -0.378 e. The lowest BCUT2D eigenvalue weighted by Crippen LogP contribution is -2.49. The summed E-state index contributed by atoms with van der Waals surface area (Å²) in [7, 11) is 1.97. The zero-order valence-electron chi connectivity index (χ0n) is 20.3. The Kier molecular flexibility index (Phi) is 6.73. The van der Waals surface area contributed by atoms with Crippen molar-refractivity contribution in [2.45, 2.75) is 6.54 Å². The van der Waals surface area contributed by atoms with E-state index in [1.54, 1.807) is 0 Å². The van der Waals surface area contributed by atoms with Crippen molar-refractivity contribution in [1.82, 2.24) is 14.4 Å². The van der Waals surface area contributed by atoms with Crippen molar-refractivity contribution in [3.63, 3.8) is 0 Å². The van der Waals surface area contributed by atoms with E-state index in [-0.39, 0.29) is 5.91 Å². The van der Waals surface area contributed by atoms with Gasteiger partial charge in [-0.05, 0) is 29.8 Å². The standard InChI is InChI=1S/C28H32N6O/c1-29-25-10-6-7-11-26(25)33-14-12-31(13-15-33)22-23-20-27(30(2)21-23)28(35)34-18-16-32(17-19-34)24-8-4-3-5-9-24/h3-11,20-21H,12-19,22H2,2H3. The summed E-state index contributed by atoms with van der Waals surface area (Å²) in [6.07, 6.45) is 2.09. The predicted molar refractivity (Wildman–Crippen MR) is 140 cm³/mol. The molecule has 0 N–H and O–H groups in total. The number of anilines is 2. The number of amides is 1. The van der Waals surface area contributed by atoms with Crippen LogP contribution in [0.1, 0.15) is 16.1 Å². The van der Waals surface area contributed by atoms with E-state index >= 15 is 0 Å². The fourth-order valence-electron chi connectivity index (χ4n) is 5.13. The number of hydrogen-bond acceptors (Lipinski definition) is 4. The average molecular weight is 469 g/mol. The Morgan fingerprint density at radius 1 is 0.857 bits per heavy atom. The quantitative estimate of drug-likeness (QED) is 0.533. The molecule has 2 saturated heterocycles. The molecule has 180 valence electrons. The van der Waals surface area contributed by atoms with E-state index in [0.717, 1.165) is 76.0 Å². The molecule has 0 unspecified atom stereocenters. The number of carbonyl (C=O) groups is 1. The van der Waals surface area contributed by atoms with Crippen LogP contribution in [0.5, 0.6) is 0 Å². The van der Waals surface area contributed by atoms with Crippen LogP contribution in [0.4, 0.5) is 17.1 Å². The van der Waals surface area contributed by atoms with Gasteiger partial charge in [-0.15, -0.1) is 0 Å². The third-order valence-corrected chi connectivity index (χ3v) is 7.09. The number of hydrogen-bond donors (Lipinski definition) is 0. The molecule has 3 aromatic rings. The summed E-state index contributed by atoms with van der Waals surface area (Å²) in [4.78, 5) is 26.0. The van der Waals surface area contributed by atoms with Gasteiger partial charge in [0, 0.05) is 83.5 Å². The minimum absolute atomic E-state index is 0.118. The molecule has 5 rings (SSSR count). The van der Waals surface area contributed by atoms with Crippen LogP contribution in [-0.4, -0.2) is 72.6 Å². The van der Waals surface area contributed by atoms with Crippen molar-refractivity contribution in [1.29, 1.82) is 0 Å². The van der Waals surface area contributed by atoms with Crippen LogP contribution in [0.2, 0.25) is 0 Å². The SMILES string of the molecule is [C-]#[N+]c1ccccc1N1CCN(Cc2cc(C(=O)N3CCN(c4ccccc4)CC3)n(C)c2)CC1. The molecule has 0 bridgehead atoms. The van der Waals surface area contributed by atoms with Crippen LogP contribution in [-0.2, 0) is 13.6 Å². The number of nitrogens with zero attached hydrogens (tertiary/aromatic N) is 6. The molecule has 2 aromatic carbocycles. The molecule has 2 fully saturated rings. The van der Waals surface area contributed by atoms with Crippen molar-refractivity contribution in [3.05, 3.63) is 89.5 Å². The highest BCUT2D eigenvalue weighted by atomic mass is 16.2. The average Bonchev–Trinajstić information content (AvgIpc) is 3.29. The number of aryl methyl sites for hydroxylation is 1. The lowest BCUT2D eigenvalue weighted by atomic mass is 10.2. The lowest BCUT2D eigenvalue weighted by molar-refractivity contribution is 0.0737. The molecule has 1 aromatic heterocycles. The smallest absolute Gasteiger partial charge is 0.270 e. The van der Waals surface area contributed by atoms with E-state index < -0.39 is 0 Å². The molecule has 2 aliphatic heterocycles. The zero-order chi connectivity index (χ0) is 24.2. The Bertz CT molecular complexity index is 1200. The van der Waals surface area contributed by atoms with Crippen molar-refractivity contribution >= 4 is 23.0 Å². The van der Waals surface area contributed by atoms with Crippen molar-refractivity contribution in [3.8, 4) is 0 Å². The molecule has 7 nitrogen and oxygen atoms in total. The molecule has 0 atom stereocenters. The molecule has 35 heavy (non-hydrogen) atoms. The molecular weight excluding hydrogens is 436 g/mol. The lowest BCUT2D eigenvalue weighted by Gasteiger charge is -2.36. The summed E-state index contributed by atoms with van der Waals surface area (Å²) in [6, 6.07) is 20.3. The van der Waals surface area contributed by atoms with E-state index in [9.17, 15) is 4.79 Å². The second-order valence-corrected chi connectivity index (χ2v) is 9.32. The Morgan fingerprint density at radius 2 is 1.51 bits per heavy atom. The van der Waals surface area contributed by atoms with Gasteiger partial charge in [0.1, 0.15) is 5.69 Å². The first-order chi connectivity index (χ1) is 17.1. The predicted octanol–water partition coefficient (Wildman–Crippen LogP) is 3.86. The van der Waals surface area contributed by atoms with Crippen LogP contribution in [0.3, 0.4) is 0 Å². The van der Waals surface area contributed by atoms with Gasteiger partial charge in [-0.25, -0.2) is 4.85 Å². The molecule has 0 radical (unpaired) electrons. The van der Waals surface area contributed by atoms with Gasteiger partial charge >= 0.3 is 0 Å². The molecule has 0 aliphatic carbocycles. The summed E-state index contributed by atoms with van der Waals surface area (Å²) in [5.74, 6) is 0.118. The molecule has 1 amide bonds. The van der Waals surface area contributed by atoms with E-state index in [4.69, 9.17) is 6.57 Å². The van der Waals surface area contributed by atoms with Crippen LogP contribution >= 0.6 is 0 Å². The molecule has 3 heterocycles. The second-order valence-electron chi connectivity index (χ2n) is 9.32.